The molecule has 1 heterocycles. The highest BCUT2D eigenvalue weighted by molar-refractivity contribution is 5.96. The molecule has 0 bridgehead atoms. The molecule has 0 spiro atoms. The summed E-state index contributed by atoms with van der Waals surface area (Å²) >= 11 is 0. The van der Waals surface area contributed by atoms with Crippen molar-refractivity contribution < 1.29 is 23.4 Å². The third-order valence-corrected chi connectivity index (χ3v) is 4.35. The van der Waals surface area contributed by atoms with E-state index in [2.05, 4.69) is 5.32 Å². The van der Waals surface area contributed by atoms with Gasteiger partial charge < -0.3 is 23.9 Å². The third kappa shape index (κ3) is 3.78. The SMILES string of the molecule is COc1cc(C(=O)NCc2cc(=O)oc3cc(C)ccc23)cc(OC)c1OC. The van der Waals surface area contributed by atoms with Crippen LogP contribution in [0.5, 0.6) is 17.2 Å². The molecule has 146 valence electrons. The molecule has 7 nitrogen and oxygen atoms in total. The molecule has 1 N–H and O–H groups in total. The number of carbonyl (C=O) groups is 1. The number of amides is 1. The van der Waals surface area contributed by atoms with Gasteiger partial charge in [0.15, 0.2) is 11.5 Å². The molecule has 0 atom stereocenters. The average molecular weight is 383 g/mol. The van der Waals surface area contributed by atoms with Gasteiger partial charge in [0.2, 0.25) is 5.75 Å². The summed E-state index contributed by atoms with van der Waals surface area (Å²) in [6, 6.07) is 10.1. The van der Waals surface area contributed by atoms with Gasteiger partial charge >= 0.3 is 5.63 Å². The van der Waals surface area contributed by atoms with Crippen molar-refractivity contribution in [2.45, 2.75) is 13.5 Å². The highest BCUT2D eigenvalue weighted by atomic mass is 16.5. The molecule has 0 aliphatic carbocycles. The minimum Gasteiger partial charge on any atom is -0.493 e. The Bertz CT molecular complexity index is 1060. The molecule has 2 aromatic carbocycles. The van der Waals surface area contributed by atoms with Crippen molar-refractivity contribution >= 4 is 16.9 Å². The van der Waals surface area contributed by atoms with Crippen LogP contribution in [0.1, 0.15) is 21.5 Å². The number of nitrogens with one attached hydrogen (secondary N) is 1. The van der Waals surface area contributed by atoms with Gasteiger partial charge in [-0.3, -0.25) is 4.79 Å². The Morgan fingerprint density at radius 1 is 1.00 bits per heavy atom. The molecule has 7 heteroatoms. The number of benzene rings is 2. The Morgan fingerprint density at radius 2 is 1.68 bits per heavy atom. The fourth-order valence-electron chi connectivity index (χ4n) is 2.97. The second-order valence-corrected chi connectivity index (χ2v) is 6.19. The summed E-state index contributed by atoms with van der Waals surface area (Å²) in [5.74, 6) is 0.831. The summed E-state index contributed by atoms with van der Waals surface area (Å²) in [6.45, 7) is 2.08. The van der Waals surface area contributed by atoms with Gasteiger partial charge in [-0.2, -0.15) is 0 Å². The zero-order valence-corrected chi connectivity index (χ0v) is 16.1. The third-order valence-electron chi connectivity index (χ3n) is 4.35. The molecule has 3 aromatic rings. The van der Waals surface area contributed by atoms with E-state index in [9.17, 15) is 9.59 Å². The van der Waals surface area contributed by atoms with Crippen molar-refractivity contribution in [3.8, 4) is 17.2 Å². The average Bonchev–Trinajstić information content (AvgIpc) is 2.69. The maximum atomic E-state index is 12.7. The van der Waals surface area contributed by atoms with E-state index in [1.807, 2.05) is 19.1 Å². The van der Waals surface area contributed by atoms with Gasteiger partial charge in [-0.1, -0.05) is 12.1 Å². The zero-order chi connectivity index (χ0) is 20.3. The first kappa shape index (κ1) is 19.3. The molecule has 0 radical (unpaired) electrons. The number of rotatable bonds is 6. The largest absolute Gasteiger partial charge is 0.493 e. The van der Waals surface area contributed by atoms with Crippen LogP contribution in [0.4, 0.5) is 0 Å². The molecular formula is C21H21NO6. The fraction of sp³-hybridized carbons (Fsp3) is 0.238. The summed E-state index contributed by atoms with van der Waals surface area (Å²) < 4.78 is 21.1. The second-order valence-electron chi connectivity index (χ2n) is 6.19. The minimum absolute atomic E-state index is 0.167. The van der Waals surface area contributed by atoms with Gasteiger partial charge in [0.25, 0.3) is 5.91 Å². The lowest BCUT2D eigenvalue weighted by atomic mass is 10.1. The van der Waals surface area contributed by atoms with E-state index < -0.39 is 5.63 Å². The number of methoxy groups -OCH3 is 3. The maximum absolute atomic E-state index is 12.7. The Balaban J connectivity index is 1.89. The molecule has 1 aromatic heterocycles. The van der Waals surface area contributed by atoms with E-state index in [0.29, 0.717) is 34.0 Å². The van der Waals surface area contributed by atoms with Crippen LogP contribution < -0.4 is 25.2 Å². The Hall–Kier alpha value is -3.48. The van der Waals surface area contributed by atoms with Crippen LogP contribution in [0, 0.1) is 6.92 Å². The first-order valence-electron chi connectivity index (χ1n) is 8.58. The molecule has 0 aliphatic heterocycles. The molecule has 0 saturated heterocycles. The van der Waals surface area contributed by atoms with Gasteiger partial charge in [0.05, 0.1) is 21.3 Å². The van der Waals surface area contributed by atoms with Gasteiger partial charge in [-0.25, -0.2) is 4.79 Å². The van der Waals surface area contributed by atoms with Crippen LogP contribution in [0.15, 0.2) is 45.6 Å². The minimum atomic E-state index is -0.463. The normalized spacial score (nSPS) is 10.6. The van der Waals surface area contributed by atoms with Crippen LogP contribution in [0.2, 0.25) is 0 Å². The molecule has 0 saturated carbocycles. The highest BCUT2D eigenvalue weighted by Gasteiger charge is 2.17. The van der Waals surface area contributed by atoms with E-state index >= 15 is 0 Å². The van der Waals surface area contributed by atoms with Crippen LogP contribution in [0.25, 0.3) is 11.0 Å². The molecule has 3 rings (SSSR count). The van der Waals surface area contributed by atoms with E-state index in [1.54, 1.807) is 18.2 Å². The number of ether oxygens (including phenoxy) is 3. The standard InChI is InChI=1S/C21H21NO6/c1-12-5-6-15-14(10-19(23)28-16(15)7-12)11-22-21(24)13-8-17(25-2)20(27-4)18(9-13)26-3/h5-10H,11H2,1-4H3,(H,22,24). The van der Waals surface area contributed by atoms with E-state index in [-0.39, 0.29) is 12.5 Å². The molecule has 0 unspecified atom stereocenters. The van der Waals surface area contributed by atoms with Gasteiger partial charge in [0.1, 0.15) is 5.58 Å². The van der Waals surface area contributed by atoms with Crippen molar-refractivity contribution in [3.05, 3.63) is 63.5 Å². The second kappa shape index (κ2) is 8.04. The number of aryl methyl sites for hydroxylation is 1. The summed E-state index contributed by atoms with van der Waals surface area (Å²) in [7, 11) is 4.46. The molecule has 0 aliphatic rings. The van der Waals surface area contributed by atoms with Crippen molar-refractivity contribution in [2.24, 2.45) is 0 Å². The van der Waals surface area contributed by atoms with Gasteiger partial charge in [-0.05, 0) is 36.2 Å². The van der Waals surface area contributed by atoms with E-state index in [0.717, 1.165) is 10.9 Å². The van der Waals surface area contributed by atoms with Crippen LogP contribution in [-0.2, 0) is 6.54 Å². The van der Waals surface area contributed by atoms with Crippen molar-refractivity contribution in [1.29, 1.82) is 0 Å². The molecule has 0 fully saturated rings. The lowest BCUT2D eigenvalue weighted by Gasteiger charge is -2.14. The first-order valence-corrected chi connectivity index (χ1v) is 8.58. The van der Waals surface area contributed by atoms with Crippen molar-refractivity contribution in [1.82, 2.24) is 5.32 Å². The van der Waals surface area contributed by atoms with Gasteiger partial charge in [0, 0.05) is 23.6 Å². The molecular weight excluding hydrogens is 362 g/mol. The lowest BCUT2D eigenvalue weighted by Crippen LogP contribution is -2.23. The van der Waals surface area contributed by atoms with Gasteiger partial charge in [-0.15, -0.1) is 0 Å². The Morgan fingerprint density at radius 3 is 2.29 bits per heavy atom. The van der Waals surface area contributed by atoms with Crippen LogP contribution >= 0.6 is 0 Å². The Kier molecular flexibility index (Phi) is 5.54. The Labute approximate surface area is 161 Å². The lowest BCUT2D eigenvalue weighted by molar-refractivity contribution is 0.0950. The smallest absolute Gasteiger partial charge is 0.336 e. The fourth-order valence-corrected chi connectivity index (χ4v) is 2.97. The predicted octanol–water partition coefficient (Wildman–Crippen LogP) is 3.06. The summed E-state index contributed by atoms with van der Waals surface area (Å²) in [6.07, 6.45) is 0. The van der Waals surface area contributed by atoms with E-state index in [4.69, 9.17) is 18.6 Å². The summed E-state index contributed by atoms with van der Waals surface area (Å²) in [4.78, 5) is 24.5. The number of fused-ring (bicyclic) bond motifs is 1. The topological polar surface area (TPSA) is 87.0 Å². The molecule has 1 amide bonds. The zero-order valence-electron chi connectivity index (χ0n) is 16.1. The van der Waals surface area contributed by atoms with Crippen molar-refractivity contribution in [2.75, 3.05) is 21.3 Å². The van der Waals surface area contributed by atoms with Crippen LogP contribution in [0.3, 0.4) is 0 Å². The van der Waals surface area contributed by atoms with Crippen molar-refractivity contribution in [3.63, 3.8) is 0 Å². The summed E-state index contributed by atoms with van der Waals surface area (Å²) in [5, 5.41) is 3.59. The molecule has 28 heavy (non-hydrogen) atoms. The van der Waals surface area contributed by atoms with E-state index in [1.165, 1.54) is 27.4 Å². The number of carbonyl (C=O) groups excluding carboxylic acids is 1. The first-order chi connectivity index (χ1) is 13.5. The van der Waals surface area contributed by atoms with Crippen LogP contribution in [-0.4, -0.2) is 27.2 Å². The predicted molar refractivity (Wildman–Crippen MR) is 104 cm³/mol. The highest BCUT2D eigenvalue weighted by Crippen LogP contribution is 2.38. The summed E-state index contributed by atoms with van der Waals surface area (Å²) in [5.41, 5.74) is 2.03. The maximum Gasteiger partial charge on any atom is 0.336 e. The number of hydrogen-bond acceptors (Lipinski definition) is 6. The monoisotopic (exact) mass is 383 g/mol. The quantitative estimate of drug-likeness (QED) is 0.659. The number of hydrogen-bond donors (Lipinski definition) is 1.